The molecule has 134 valence electrons. The maximum Gasteiger partial charge on any atom is 0.417 e. The predicted octanol–water partition coefficient (Wildman–Crippen LogP) is 3.92. The first-order chi connectivity index (χ1) is 11.9. The highest BCUT2D eigenvalue weighted by molar-refractivity contribution is 5.94. The summed E-state index contributed by atoms with van der Waals surface area (Å²) in [5.74, 6) is -0.230. The number of hydrogen-bond acceptors (Lipinski definition) is 3. The highest BCUT2D eigenvalue weighted by Crippen LogP contribution is 2.29. The van der Waals surface area contributed by atoms with Gasteiger partial charge in [-0.2, -0.15) is 13.2 Å². The van der Waals surface area contributed by atoms with Gasteiger partial charge in [0, 0.05) is 30.5 Å². The predicted molar refractivity (Wildman–Crippen MR) is 88.1 cm³/mol. The number of aromatic nitrogens is 1. The Morgan fingerprint density at radius 1 is 1.12 bits per heavy atom. The van der Waals surface area contributed by atoms with Crippen LogP contribution in [-0.2, 0) is 10.9 Å². The van der Waals surface area contributed by atoms with E-state index in [1.165, 1.54) is 6.07 Å². The molecule has 0 saturated heterocycles. The van der Waals surface area contributed by atoms with Crippen LogP contribution in [0.2, 0.25) is 0 Å². The van der Waals surface area contributed by atoms with Crippen molar-refractivity contribution in [1.82, 2.24) is 10.3 Å². The van der Waals surface area contributed by atoms with E-state index in [1.807, 2.05) is 6.92 Å². The summed E-state index contributed by atoms with van der Waals surface area (Å²) in [5, 5.41) is 2.74. The molecule has 0 aliphatic carbocycles. The van der Waals surface area contributed by atoms with Crippen LogP contribution in [0.15, 0.2) is 42.6 Å². The van der Waals surface area contributed by atoms with Gasteiger partial charge in [-0.1, -0.05) is 19.1 Å². The number of carbonyl (C=O) groups is 1. The number of nitrogens with one attached hydrogen (secondary N) is 1. The Balaban J connectivity index is 1.96. The van der Waals surface area contributed by atoms with Gasteiger partial charge in [-0.15, -0.1) is 0 Å². The number of nitrogens with zero attached hydrogens (tertiary/aromatic N) is 1. The molecule has 0 atom stereocenters. The van der Waals surface area contributed by atoms with Crippen molar-refractivity contribution in [2.24, 2.45) is 0 Å². The minimum Gasteiger partial charge on any atom is -0.380 e. The second kappa shape index (κ2) is 8.62. The Morgan fingerprint density at radius 3 is 2.40 bits per heavy atom. The van der Waals surface area contributed by atoms with E-state index < -0.39 is 11.7 Å². The van der Waals surface area contributed by atoms with Crippen LogP contribution in [0.3, 0.4) is 0 Å². The standard InChI is InChI=1S/C18H19F3N2O2/c1-2-10-25-11-9-22-17(24)14-5-3-13(4-6-14)16-8-7-15(12-23-16)18(19,20)21/h3-8,12H,2,9-11H2,1H3,(H,22,24). The van der Waals surface area contributed by atoms with Crippen LogP contribution < -0.4 is 5.32 Å². The number of rotatable bonds is 7. The van der Waals surface area contributed by atoms with Gasteiger partial charge in [-0.05, 0) is 30.7 Å². The summed E-state index contributed by atoms with van der Waals surface area (Å²) in [5.41, 5.74) is 0.716. The molecule has 7 heteroatoms. The third-order valence-corrected chi connectivity index (χ3v) is 3.41. The molecular formula is C18H19F3N2O2. The molecule has 4 nitrogen and oxygen atoms in total. The second-order valence-corrected chi connectivity index (χ2v) is 5.38. The minimum atomic E-state index is -4.41. The van der Waals surface area contributed by atoms with Gasteiger partial charge in [0.2, 0.25) is 0 Å². The van der Waals surface area contributed by atoms with Gasteiger partial charge in [0.1, 0.15) is 0 Å². The molecular weight excluding hydrogens is 333 g/mol. The first-order valence-electron chi connectivity index (χ1n) is 7.91. The summed E-state index contributed by atoms with van der Waals surface area (Å²) in [6.07, 6.45) is -2.69. The summed E-state index contributed by atoms with van der Waals surface area (Å²) in [7, 11) is 0. The molecule has 0 bridgehead atoms. The smallest absolute Gasteiger partial charge is 0.380 e. The van der Waals surface area contributed by atoms with Crippen molar-refractivity contribution >= 4 is 5.91 Å². The lowest BCUT2D eigenvalue weighted by atomic mass is 10.1. The lowest BCUT2D eigenvalue weighted by molar-refractivity contribution is -0.137. The van der Waals surface area contributed by atoms with Gasteiger partial charge in [0.25, 0.3) is 5.91 Å². The molecule has 0 unspecified atom stereocenters. The van der Waals surface area contributed by atoms with E-state index in [9.17, 15) is 18.0 Å². The van der Waals surface area contributed by atoms with Gasteiger partial charge in [0.15, 0.2) is 0 Å². The summed E-state index contributed by atoms with van der Waals surface area (Å²) in [6, 6.07) is 8.81. The summed E-state index contributed by atoms with van der Waals surface area (Å²) >= 11 is 0. The van der Waals surface area contributed by atoms with Crippen LogP contribution >= 0.6 is 0 Å². The fourth-order valence-corrected chi connectivity index (χ4v) is 2.11. The number of alkyl halides is 3. The lowest BCUT2D eigenvalue weighted by Crippen LogP contribution is -2.27. The average molecular weight is 352 g/mol. The van der Waals surface area contributed by atoms with Crippen molar-refractivity contribution in [2.45, 2.75) is 19.5 Å². The Hall–Kier alpha value is -2.41. The van der Waals surface area contributed by atoms with Crippen molar-refractivity contribution < 1.29 is 22.7 Å². The van der Waals surface area contributed by atoms with Crippen LogP contribution in [-0.4, -0.2) is 30.6 Å². The fourth-order valence-electron chi connectivity index (χ4n) is 2.11. The normalized spacial score (nSPS) is 11.4. The Morgan fingerprint density at radius 2 is 1.84 bits per heavy atom. The van der Waals surface area contributed by atoms with Crippen molar-refractivity contribution in [2.75, 3.05) is 19.8 Å². The van der Waals surface area contributed by atoms with Crippen LogP contribution in [0.1, 0.15) is 29.3 Å². The number of pyridine rings is 1. The molecule has 1 amide bonds. The Labute approximate surface area is 144 Å². The maximum atomic E-state index is 12.5. The SMILES string of the molecule is CCCOCCNC(=O)c1ccc(-c2ccc(C(F)(F)F)cn2)cc1. The molecule has 1 aromatic carbocycles. The number of hydrogen-bond donors (Lipinski definition) is 1. The van der Waals surface area contributed by atoms with E-state index in [2.05, 4.69) is 10.3 Å². The molecule has 0 saturated carbocycles. The Bertz CT molecular complexity index is 683. The number of benzene rings is 1. The van der Waals surface area contributed by atoms with Gasteiger partial charge >= 0.3 is 6.18 Å². The molecule has 2 rings (SSSR count). The molecule has 2 aromatic rings. The van der Waals surface area contributed by atoms with Crippen LogP contribution in [0, 0.1) is 0 Å². The zero-order valence-corrected chi connectivity index (χ0v) is 13.8. The van der Waals surface area contributed by atoms with Crippen LogP contribution in [0.25, 0.3) is 11.3 Å². The van der Waals surface area contributed by atoms with Gasteiger partial charge in [0.05, 0.1) is 17.9 Å². The molecule has 25 heavy (non-hydrogen) atoms. The van der Waals surface area contributed by atoms with E-state index in [0.717, 1.165) is 18.7 Å². The monoisotopic (exact) mass is 352 g/mol. The van der Waals surface area contributed by atoms with Crippen LogP contribution in [0.4, 0.5) is 13.2 Å². The average Bonchev–Trinajstić information content (AvgIpc) is 2.61. The number of ether oxygens (including phenoxy) is 1. The minimum absolute atomic E-state index is 0.230. The van der Waals surface area contributed by atoms with Crippen molar-refractivity contribution in [3.05, 3.63) is 53.7 Å². The molecule has 0 aliphatic heterocycles. The summed E-state index contributed by atoms with van der Waals surface area (Å²) < 4.78 is 42.9. The number of amides is 1. The first kappa shape index (κ1) is 18.9. The fraction of sp³-hybridized carbons (Fsp3) is 0.333. The quantitative estimate of drug-likeness (QED) is 0.769. The van der Waals surface area contributed by atoms with E-state index in [-0.39, 0.29) is 5.91 Å². The molecule has 0 radical (unpaired) electrons. The molecule has 0 spiro atoms. The van der Waals surface area contributed by atoms with Crippen LogP contribution in [0.5, 0.6) is 0 Å². The topological polar surface area (TPSA) is 51.2 Å². The molecule has 1 N–H and O–H groups in total. The highest BCUT2D eigenvalue weighted by atomic mass is 19.4. The summed E-state index contributed by atoms with van der Waals surface area (Å²) in [4.78, 5) is 15.8. The largest absolute Gasteiger partial charge is 0.417 e. The van der Waals surface area contributed by atoms with E-state index in [0.29, 0.717) is 36.6 Å². The van der Waals surface area contributed by atoms with E-state index in [4.69, 9.17) is 4.74 Å². The zero-order chi connectivity index (χ0) is 18.3. The van der Waals surface area contributed by atoms with E-state index in [1.54, 1.807) is 24.3 Å². The second-order valence-electron chi connectivity index (χ2n) is 5.38. The third kappa shape index (κ3) is 5.56. The highest BCUT2D eigenvalue weighted by Gasteiger charge is 2.30. The van der Waals surface area contributed by atoms with E-state index >= 15 is 0 Å². The lowest BCUT2D eigenvalue weighted by Gasteiger charge is -2.08. The maximum absolute atomic E-state index is 12.5. The van der Waals surface area contributed by atoms with Gasteiger partial charge in [-0.25, -0.2) is 0 Å². The number of halogens is 3. The molecule has 0 aliphatic rings. The van der Waals surface area contributed by atoms with Gasteiger partial charge in [-0.3, -0.25) is 9.78 Å². The first-order valence-corrected chi connectivity index (χ1v) is 7.91. The van der Waals surface area contributed by atoms with Crippen molar-refractivity contribution in [3.63, 3.8) is 0 Å². The Kier molecular flexibility index (Phi) is 6.52. The van der Waals surface area contributed by atoms with Crippen molar-refractivity contribution in [3.8, 4) is 11.3 Å². The third-order valence-electron chi connectivity index (χ3n) is 3.41. The zero-order valence-electron chi connectivity index (χ0n) is 13.8. The van der Waals surface area contributed by atoms with Crippen molar-refractivity contribution in [1.29, 1.82) is 0 Å². The van der Waals surface area contributed by atoms with Gasteiger partial charge < -0.3 is 10.1 Å². The molecule has 1 heterocycles. The summed E-state index contributed by atoms with van der Waals surface area (Å²) in [6.45, 7) is 3.53. The number of carbonyl (C=O) groups excluding carboxylic acids is 1. The molecule has 1 aromatic heterocycles. The molecule has 0 fully saturated rings.